The highest BCUT2D eigenvalue weighted by atomic mass is 16.5. The van der Waals surface area contributed by atoms with E-state index in [4.69, 9.17) is 14.5 Å². The minimum Gasteiger partial charge on any atom is -0.375 e. The van der Waals surface area contributed by atoms with Gasteiger partial charge < -0.3 is 19.7 Å². The summed E-state index contributed by atoms with van der Waals surface area (Å²) < 4.78 is 11.7. The van der Waals surface area contributed by atoms with Gasteiger partial charge in [-0.2, -0.15) is 0 Å². The van der Waals surface area contributed by atoms with Gasteiger partial charge in [0.15, 0.2) is 5.96 Å². The first-order valence-corrected chi connectivity index (χ1v) is 8.63. The summed E-state index contributed by atoms with van der Waals surface area (Å²) in [6.07, 6.45) is 6.84. The molecule has 0 aromatic heterocycles. The number of ether oxygens (including phenoxy) is 2. The standard InChI is InChI=1S/C16H29N3O2/c1-2-17-16(18-8-7-13-5-6-13)19-9-11-21-15(12-19)14-4-3-10-20-14/h13-15H,2-12H2,1H3,(H,17,18). The zero-order valence-electron chi connectivity index (χ0n) is 13.2. The average Bonchev–Trinajstić information content (AvgIpc) is 3.17. The zero-order valence-corrected chi connectivity index (χ0v) is 13.2. The number of hydrogen-bond donors (Lipinski definition) is 1. The van der Waals surface area contributed by atoms with Gasteiger partial charge in [-0.25, -0.2) is 0 Å². The Morgan fingerprint density at radius 1 is 1.19 bits per heavy atom. The molecule has 3 aliphatic rings. The fourth-order valence-corrected chi connectivity index (χ4v) is 3.17. The highest BCUT2D eigenvalue weighted by molar-refractivity contribution is 5.80. The van der Waals surface area contributed by atoms with Gasteiger partial charge in [0.25, 0.3) is 0 Å². The topological polar surface area (TPSA) is 46.1 Å². The highest BCUT2D eigenvalue weighted by Gasteiger charge is 2.32. The molecule has 3 rings (SSSR count). The summed E-state index contributed by atoms with van der Waals surface area (Å²) in [4.78, 5) is 7.17. The molecule has 2 heterocycles. The van der Waals surface area contributed by atoms with E-state index in [1.165, 1.54) is 25.7 Å². The summed E-state index contributed by atoms with van der Waals surface area (Å²) >= 11 is 0. The molecule has 0 radical (unpaired) electrons. The van der Waals surface area contributed by atoms with E-state index in [-0.39, 0.29) is 12.2 Å². The maximum atomic E-state index is 5.92. The Hall–Kier alpha value is -0.810. The van der Waals surface area contributed by atoms with Crippen molar-refractivity contribution in [1.82, 2.24) is 10.2 Å². The van der Waals surface area contributed by atoms with Crippen LogP contribution in [0.15, 0.2) is 4.99 Å². The minimum absolute atomic E-state index is 0.202. The number of morpholine rings is 1. The van der Waals surface area contributed by atoms with Crippen molar-refractivity contribution in [2.45, 2.75) is 51.2 Å². The first-order valence-electron chi connectivity index (χ1n) is 8.63. The molecular weight excluding hydrogens is 266 g/mol. The normalized spacial score (nSPS) is 30.7. The van der Waals surface area contributed by atoms with E-state index >= 15 is 0 Å². The van der Waals surface area contributed by atoms with E-state index < -0.39 is 0 Å². The second-order valence-electron chi connectivity index (χ2n) is 6.37. The van der Waals surface area contributed by atoms with E-state index in [9.17, 15) is 0 Å². The predicted molar refractivity (Wildman–Crippen MR) is 83.6 cm³/mol. The van der Waals surface area contributed by atoms with Crippen molar-refractivity contribution in [3.8, 4) is 0 Å². The van der Waals surface area contributed by atoms with Gasteiger partial charge in [0, 0.05) is 32.8 Å². The Labute approximate surface area is 128 Å². The Morgan fingerprint density at radius 2 is 2.05 bits per heavy atom. The van der Waals surface area contributed by atoms with Crippen LogP contribution in [0.3, 0.4) is 0 Å². The number of rotatable bonds is 5. The number of aliphatic imine (C=N–C) groups is 1. The van der Waals surface area contributed by atoms with Gasteiger partial charge in [-0.05, 0) is 32.1 Å². The molecule has 0 spiro atoms. The lowest BCUT2D eigenvalue weighted by Crippen LogP contribution is -2.53. The number of nitrogens with zero attached hydrogens (tertiary/aromatic N) is 2. The third-order valence-corrected chi connectivity index (χ3v) is 4.60. The van der Waals surface area contributed by atoms with E-state index in [0.717, 1.165) is 57.7 Å². The van der Waals surface area contributed by atoms with Crippen LogP contribution in [0.1, 0.15) is 39.0 Å². The first kappa shape index (κ1) is 15.1. The molecule has 0 bridgehead atoms. The van der Waals surface area contributed by atoms with Crippen LogP contribution >= 0.6 is 0 Å². The Kier molecular flexibility index (Phi) is 5.36. The van der Waals surface area contributed by atoms with Gasteiger partial charge in [-0.3, -0.25) is 4.99 Å². The lowest BCUT2D eigenvalue weighted by molar-refractivity contribution is -0.0817. The van der Waals surface area contributed by atoms with Crippen LogP contribution in [0, 0.1) is 5.92 Å². The molecule has 5 heteroatoms. The second-order valence-corrected chi connectivity index (χ2v) is 6.37. The van der Waals surface area contributed by atoms with Crippen LogP contribution in [0.2, 0.25) is 0 Å². The molecule has 0 aromatic rings. The van der Waals surface area contributed by atoms with E-state index in [0.29, 0.717) is 0 Å². The molecule has 2 saturated heterocycles. The molecule has 0 amide bonds. The van der Waals surface area contributed by atoms with Crippen LogP contribution in [-0.4, -0.2) is 62.5 Å². The molecule has 5 nitrogen and oxygen atoms in total. The Balaban J connectivity index is 1.54. The van der Waals surface area contributed by atoms with Crippen molar-refractivity contribution in [2.75, 3.05) is 39.4 Å². The van der Waals surface area contributed by atoms with Gasteiger partial charge in [-0.15, -0.1) is 0 Å². The van der Waals surface area contributed by atoms with Crippen molar-refractivity contribution < 1.29 is 9.47 Å². The predicted octanol–water partition coefficient (Wildman–Crippen LogP) is 1.63. The molecule has 120 valence electrons. The summed E-state index contributed by atoms with van der Waals surface area (Å²) in [6.45, 7) is 7.50. The summed E-state index contributed by atoms with van der Waals surface area (Å²) in [5.41, 5.74) is 0. The molecule has 2 atom stereocenters. The Morgan fingerprint density at radius 3 is 2.76 bits per heavy atom. The van der Waals surface area contributed by atoms with Crippen LogP contribution < -0.4 is 5.32 Å². The van der Waals surface area contributed by atoms with Gasteiger partial charge in [0.2, 0.25) is 0 Å². The highest BCUT2D eigenvalue weighted by Crippen LogP contribution is 2.32. The second kappa shape index (κ2) is 7.45. The van der Waals surface area contributed by atoms with Crippen molar-refractivity contribution in [1.29, 1.82) is 0 Å². The quantitative estimate of drug-likeness (QED) is 0.618. The SMILES string of the molecule is CCNC(=NCCC1CC1)N1CCOC(C2CCCO2)C1. The van der Waals surface area contributed by atoms with Crippen molar-refractivity contribution in [2.24, 2.45) is 10.9 Å². The minimum atomic E-state index is 0.202. The van der Waals surface area contributed by atoms with Crippen LogP contribution in [0.4, 0.5) is 0 Å². The molecular formula is C16H29N3O2. The molecule has 1 saturated carbocycles. The fraction of sp³-hybridized carbons (Fsp3) is 0.938. The summed E-state index contributed by atoms with van der Waals surface area (Å²) in [5, 5.41) is 3.44. The van der Waals surface area contributed by atoms with Gasteiger partial charge >= 0.3 is 0 Å². The third-order valence-electron chi connectivity index (χ3n) is 4.60. The largest absolute Gasteiger partial charge is 0.375 e. The maximum absolute atomic E-state index is 5.92. The molecule has 1 aliphatic carbocycles. The summed E-state index contributed by atoms with van der Waals surface area (Å²) in [6, 6.07) is 0. The molecule has 2 aliphatic heterocycles. The van der Waals surface area contributed by atoms with E-state index in [1.807, 2.05) is 0 Å². The molecule has 3 fully saturated rings. The number of nitrogens with one attached hydrogen (secondary N) is 1. The smallest absolute Gasteiger partial charge is 0.194 e. The van der Waals surface area contributed by atoms with Crippen LogP contribution in [0.5, 0.6) is 0 Å². The summed E-state index contributed by atoms with van der Waals surface area (Å²) in [5.74, 6) is 2.00. The fourth-order valence-electron chi connectivity index (χ4n) is 3.17. The van der Waals surface area contributed by atoms with Crippen LogP contribution in [-0.2, 0) is 9.47 Å². The molecule has 0 aromatic carbocycles. The molecule has 2 unspecified atom stereocenters. The van der Waals surface area contributed by atoms with Crippen molar-refractivity contribution >= 4 is 5.96 Å². The summed E-state index contributed by atoms with van der Waals surface area (Å²) in [7, 11) is 0. The number of guanidine groups is 1. The van der Waals surface area contributed by atoms with Crippen molar-refractivity contribution in [3.05, 3.63) is 0 Å². The first-order chi connectivity index (χ1) is 10.4. The number of hydrogen-bond acceptors (Lipinski definition) is 3. The molecule has 1 N–H and O–H groups in total. The van der Waals surface area contributed by atoms with Gasteiger partial charge in [-0.1, -0.05) is 12.8 Å². The van der Waals surface area contributed by atoms with Gasteiger partial charge in [0.05, 0.1) is 12.7 Å². The Bertz CT molecular complexity index is 351. The average molecular weight is 295 g/mol. The third kappa shape index (κ3) is 4.33. The van der Waals surface area contributed by atoms with Gasteiger partial charge in [0.1, 0.15) is 6.10 Å². The maximum Gasteiger partial charge on any atom is 0.194 e. The van der Waals surface area contributed by atoms with E-state index in [1.54, 1.807) is 0 Å². The lowest BCUT2D eigenvalue weighted by Gasteiger charge is -2.37. The van der Waals surface area contributed by atoms with Crippen molar-refractivity contribution in [3.63, 3.8) is 0 Å². The molecule has 21 heavy (non-hydrogen) atoms. The van der Waals surface area contributed by atoms with Crippen LogP contribution in [0.25, 0.3) is 0 Å². The monoisotopic (exact) mass is 295 g/mol. The zero-order chi connectivity index (χ0) is 14.5. The van der Waals surface area contributed by atoms with E-state index in [2.05, 4.69) is 17.1 Å². The lowest BCUT2D eigenvalue weighted by atomic mass is 10.1.